The quantitative estimate of drug-likeness (QED) is 0.769. The highest BCUT2D eigenvalue weighted by Crippen LogP contribution is 2.31. The minimum atomic E-state index is 0.114. The lowest BCUT2D eigenvalue weighted by Gasteiger charge is -2.06. The number of halogens is 1. The number of carbonyl (C=O) groups is 1. The monoisotopic (exact) mass is 328 g/mol. The number of hydrogen-bond donors (Lipinski definition) is 0. The molecule has 0 bridgehead atoms. The van der Waals surface area contributed by atoms with Gasteiger partial charge in [0, 0.05) is 27.6 Å². The van der Waals surface area contributed by atoms with Crippen molar-refractivity contribution in [3.8, 4) is 5.75 Å². The zero-order chi connectivity index (χ0) is 14.1. The molecule has 1 aliphatic carbocycles. The first kappa shape index (κ1) is 13.1. The number of methoxy groups -OCH3 is 1. The fraction of sp³-hybridized carbons (Fsp3) is 0.118. The third kappa shape index (κ3) is 2.29. The van der Waals surface area contributed by atoms with Gasteiger partial charge < -0.3 is 4.74 Å². The van der Waals surface area contributed by atoms with Crippen molar-refractivity contribution in [1.82, 2.24) is 0 Å². The molecule has 0 saturated heterocycles. The summed E-state index contributed by atoms with van der Waals surface area (Å²) in [6, 6.07) is 13.5. The average Bonchev–Trinajstić information content (AvgIpc) is 2.76. The highest BCUT2D eigenvalue weighted by molar-refractivity contribution is 9.10. The molecule has 0 amide bonds. The summed E-state index contributed by atoms with van der Waals surface area (Å²) < 4.78 is 6.31. The number of Topliss-reactive ketones (excluding diaryl/α,β-unsaturated/α-hetero) is 1. The molecule has 0 spiro atoms. The summed E-state index contributed by atoms with van der Waals surface area (Å²) in [6.07, 6.45) is 2.61. The number of hydrogen-bond acceptors (Lipinski definition) is 2. The number of benzene rings is 2. The number of carbonyl (C=O) groups excluding carboxylic acids is 1. The fourth-order valence-corrected chi connectivity index (χ4v) is 2.86. The normalized spacial score (nSPS) is 15.5. The van der Waals surface area contributed by atoms with E-state index in [9.17, 15) is 4.79 Å². The van der Waals surface area contributed by atoms with Crippen molar-refractivity contribution in [3.05, 3.63) is 69.2 Å². The Morgan fingerprint density at radius 2 is 2.00 bits per heavy atom. The molecule has 100 valence electrons. The lowest BCUT2D eigenvalue weighted by Crippen LogP contribution is -1.96. The second-order valence-electron chi connectivity index (χ2n) is 4.72. The van der Waals surface area contributed by atoms with Gasteiger partial charge in [0.2, 0.25) is 0 Å². The largest absolute Gasteiger partial charge is 0.496 e. The first-order chi connectivity index (χ1) is 9.69. The third-order valence-electron chi connectivity index (χ3n) is 3.46. The van der Waals surface area contributed by atoms with Crippen LogP contribution in [0.4, 0.5) is 0 Å². The van der Waals surface area contributed by atoms with E-state index in [1.807, 2.05) is 48.5 Å². The second-order valence-corrected chi connectivity index (χ2v) is 5.63. The third-order valence-corrected chi connectivity index (χ3v) is 3.95. The van der Waals surface area contributed by atoms with E-state index in [0.29, 0.717) is 6.42 Å². The number of ether oxygens (including phenoxy) is 1. The zero-order valence-corrected chi connectivity index (χ0v) is 12.6. The van der Waals surface area contributed by atoms with Gasteiger partial charge in [-0.3, -0.25) is 4.79 Å². The van der Waals surface area contributed by atoms with Crippen LogP contribution >= 0.6 is 15.9 Å². The Hall–Kier alpha value is -1.87. The molecular formula is C17H13BrO2. The average molecular weight is 329 g/mol. The molecule has 3 rings (SSSR count). The van der Waals surface area contributed by atoms with Gasteiger partial charge in [0.25, 0.3) is 0 Å². The van der Waals surface area contributed by atoms with Crippen LogP contribution in [0.5, 0.6) is 5.75 Å². The molecule has 20 heavy (non-hydrogen) atoms. The highest BCUT2D eigenvalue weighted by Gasteiger charge is 2.24. The maximum atomic E-state index is 12.4. The summed E-state index contributed by atoms with van der Waals surface area (Å²) in [6.45, 7) is 0. The first-order valence-corrected chi connectivity index (χ1v) is 7.15. The van der Waals surface area contributed by atoms with Crippen LogP contribution in [0.1, 0.15) is 21.5 Å². The number of allylic oxidation sites excluding steroid dienone is 1. The van der Waals surface area contributed by atoms with Gasteiger partial charge in [-0.15, -0.1) is 0 Å². The van der Waals surface area contributed by atoms with Gasteiger partial charge in [0.15, 0.2) is 5.78 Å². The Morgan fingerprint density at radius 3 is 2.75 bits per heavy atom. The van der Waals surface area contributed by atoms with Crippen molar-refractivity contribution in [1.29, 1.82) is 0 Å². The molecular weight excluding hydrogens is 316 g/mol. The van der Waals surface area contributed by atoms with Gasteiger partial charge in [-0.1, -0.05) is 40.2 Å². The Morgan fingerprint density at radius 1 is 1.20 bits per heavy atom. The summed E-state index contributed by atoms with van der Waals surface area (Å²) in [5, 5.41) is 0. The summed E-state index contributed by atoms with van der Waals surface area (Å²) in [4.78, 5) is 12.4. The minimum Gasteiger partial charge on any atom is -0.496 e. The highest BCUT2D eigenvalue weighted by atomic mass is 79.9. The molecule has 2 nitrogen and oxygen atoms in total. The standard InChI is InChI=1S/C17H13BrO2/c1-20-16-7-6-14(18)10-12(16)9-13-8-11-4-2-3-5-15(11)17(13)19/h2-7,9-10H,8H2,1H3/b13-9-. The van der Waals surface area contributed by atoms with Crippen LogP contribution in [0.2, 0.25) is 0 Å². The van der Waals surface area contributed by atoms with Gasteiger partial charge >= 0.3 is 0 Å². The van der Waals surface area contributed by atoms with Gasteiger partial charge in [0.05, 0.1) is 7.11 Å². The topological polar surface area (TPSA) is 26.3 Å². The summed E-state index contributed by atoms with van der Waals surface area (Å²) in [7, 11) is 1.64. The fourth-order valence-electron chi connectivity index (χ4n) is 2.48. The van der Waals surface area contributed by atoms with E-state index in [1.54, 1.807) is 7.11 Å². The van der Waals surface area contributed by atoms with Gasteiger partial charge in [0.1, 0.15) is 5.75 Å². The molecule has 2 aromatic carbocycles. The van der Waals surface area contributed by atoms with E-state index in [2.05, 4.69) is 15.9 Å². The summed E-state index contributed by atoms with van der Waals surface area (Å²) >= 11 is 3.45. The van der Waals surface area contributed by atoms with Crippen molar-refractivity contribution >= 4 is 27.8 Å². The molecule has 0 unspecified atom stereocenters. The molecule has 0 aliphatic heterocycles. The Bertz CT molecular complexity index is 717. The predicted molar refractivity (Wildman–Crippen MR) is 83.1 cm³/mol. The lowest BCUT2D eigenvalue weighted by atomic mass is 10.1. The predicted octanol–water partition coefficient (Wildman–Crippen LogP) is 4.28. The number of fused-ring (bicyclic) bond motifs is 1. The molecule has 0 atom stereocenters. The van der Waals surface area contributed by atoms with Crippen molar-refractivity contribution in [2.75, 3.05) is 7.11 Å². The van der Waals surface area contributed by atoms with Crippen molar-refractivity contribution in [2.45, 2.75) is 6.42 Å². The van der Waals surface area contributed by atoms with Gasteiger partial charge in [-0.05, 0) is 29.8 Å². The SMILES string of the molecule is COc1ccc(Br)cc1/C=C1/Cc2ccccc2C1=O. The molecule has 0 aromatic heterocycles. The van der Waals surface area contributed by atoms with Crippen LogP contribution in [0, 0.1) is 0 Å². The van der Waals surface area contributed by atoms with Crippen LogP contribution < -0.4 is 4.74 Å². The van der Waals surface area contributed by atoms with Crippen molar-refractivity contribution in [2.24, 2.45) is 0 Å². The molecule has 1 aliphatic rings. The molecule has 3 heteroatoms. The molecule has 0 fully saturated rings. The van der Waals surface area contributed by atoms with E-state index in [-0.39, 0.29) is 5.78 Å². The summed E-state index contributed by atoms with van der Waals surface area (Å²) in [5.74, 6) is 0.882. The van der Waals surface area contributed by atoms with Crippen LogP contribution in [0.3, 0.4) is 0 Å². The molecule has 0 heterocycles. The number of rotatable bonds is 2. The lowest BCUT2D eigenvalue weighted by molar-refractivity contribution is 0.104. The van der Waals surface area contributed by atoms with Crippen LogP contribution in [-0.2, 0) is 6.42 Å². The van der Waals surface area contributed by atoms with E-state index >= 15 is 0 Å². The van der Waals surface area contributed by atoms with Gasteiger partial charge in [-0.2, -0.15) is 0 Å². The maximum absolute atomic E-state index is 12.4. The van der Waals surface area contributed by atoms with E-state index in [4.69, 9.17) is 4.74 Å². The zero-order valence-electron chi connectivity index (χ0n) is 11.0. The van der Waals surface area contributed by atoms with Crippen LogP contribution in [0.15, 0.2) is 52.5 Å². The first-order valence-electron chi connectivity index (χ1n) is 6.36. The maximum Gasteiger partial charge on any atom is 0.189 e. The Labute approximate surface area is 126 Å². The summed E-state index contributed by atoms with van der Waals surface area (Å²) in [5.41, 5.74) is 3.63. The van der Waals surface area contributed by atoms with Crippen LogP contribution in [0.25, 0.3) is 6.08 Å². The van der Waals surface area contributed by atoms with E-state index in [1.165, 1.54) is 0 Å². The molecule has 0 radical (unpaired) electrons. The molecule has 0 N–H and O–H groups in total. The Balaban J connectivity index is 2.03. The molecule has 2 aromatic rings. The van der Waals surface area contributed by atoms with Gasteiger partial charge in [-0.25, -0.2) is 0 Å². The van der Waals surface area contributed by atoms with Crippen molar-refractivity contribution < 1.29 is 9.53 Å². The van der Waals surface area contributed by atoms with E-state index in [0.717, 1.165) is 32.5 Å². The van der Waals surface area contributed by atoms with Crippen LogP contribution in [-0.4, -0.2) is 12.9 Å². The van der Waals surface area contributed by atoms with Crippen molar-refractivity contribution in [3.63, 3.8) is 0 Å². The minimum absolute atomic E-state index is 0.114. The molecule has 0 saturated carbocycles. The number of ketones is 1. The second kappa shape index (κ2) is 5.25. The smallest absolute Gasteiger partial charge is 0.189 e. The Kier molecular flexibility index (Phi) is 3.45. The van der Waals surface area contributed by atoms with E-state index < -0.39 is 0 Å².